The molecule has 1 atom stereocenters. The lowest BCUT2D eigenvalue weighted by Crippen LogP contribution is -2.36. The van der Waals surface area contributed by atoms with Crippen LogP contribution in [0.15, 0.2) is 18.2 Å². The van der Waals surface area contributed by atoms with Crippen LogP contribution >= 0.6 is 0 Å². The Morgan fingerprint density at radius 3 is 2.07 bits per heavy atom. The van der Waals surface area contributed by atoms with Crippen molar-refractivity contribution in [3.63, 3.8) is 0 Å². The van der Waals surface area contributed by atoms with Crippen molar-refractivity contribution in [3.05, 3.63) is 35.1 Å². The van der Waals surface area contributed by atoms with E-state index in [0.717, 1.165) is 5.56 Å². The van der Waals surface area contributed by atoms with Crippen molar-refractivity contribution in [2.45, 2.75) is 40.2 Å². The lowest BCUT2D eigenvalue weighted by Gasteiger charge is -2.37. The predicted molar refractivity (Wildman–Crippen MR) is 60.2 cm³/mol. The van der Waals surface area contributed by atoms with Gasteiger partial charge >= 0.3 is 0 Å². The molecule has 0 aromatic heterocycles. The second-order valence-electron chi connectivity index (χ2n) is 5.29. The molecular formula is C13H19FO. The quantitative estimate of drug-likeness (QED) is 0.753. The molecule has 0 amide bonds. The van der Waals surface area contributed by atoms with E-state index in [0.29, 0.717) is 5.56 Å². The van der Waals surface area contributed by atoms with Gasteiger partial charge in [-0.05, 0) is 36.5 Å². The zero-order chi connectivity index (χ0) is 11.9. The molecular weight excluding hydrogens is 191 g/mol. The molecule has 1 unspecified atom stereocenters. The summed E-state index contributed by atoms with van der Waals surface area (Å²) in [7, 11) is 0. The third kappa shape index (κ3) is 2.20. The topological polar surface area (TPSA) is 20.2 Å². The fraction of sp³-hybridized carbons (Fsp3) is 0.538. The summed E-state index contributed by atoms with van der Waals surface area (Å²) < 4.78 is 13.1. The van der Waals surface area contributed by atoms with Crippen molar-refractivity contribution in [1.82, 2.24) is 0 Å². The van der Waals surface area contributed by atoms with Crippen molar-refractivity contribution >= 4 is 0 Å². The molecule has 0 spiro atoms. The van der Waals surface area contributed by atoms with Gasteiger partial charge in [-0.15, -0.1) is 0 Å². The van der Waals surface area contributed by atoms with Crippen molar-refractivity contribution < 1.29 is 9.50 Å². The SMILES string of the molecule is Cc1cc(C(C)(O)C(C)(C)C)ccc1F. The molecule has 1 rings (SSSR count). The van der Waals surface area contributed by atoms with Gasteiger partial charge in [0.15, 0.2) is 0 Å². The molecule has 0 aliphatic heterocycles. The van der Waals surface area contributed by atoms with Crippen LogP contribution in [0.3, 0.4) is 0 Å². The number of aryl methyl sites for hydroxylation is 1. The molecule has 15 heavy (non-hydrogen) atoms. The van der Waals surface area contributed by atoms with Gasteiger partial charge in [-0.1, -0.05) is 32.9 Å². The predicted octanol–water partition coefficient (Wildman–Crippen LogP) is 3.39. The van der Waals surface area contributed by atoms with Gasteiger partial charge in [0.2, 0.25) is 0 Å². The second kappa shape index (κ2) is 3.60. The van der Waals surface area contributed by atoms with Crippen LogP contribution in [0.4, 0.5) is 4.39 Å². The Hall–Kier alpha value is -0.890. The number of hydrogen-bond donors (Lipinski definition) is 1. The lowest BCUT2D eigenvalue weighted by molar-refractivity contribution is -0.0471. The van der Waals surface area contributed by atoms with Gasteiger partial charge in [-0.3, -0.25) is 0 Å². The minimum atomic E-state index is -0.953. The molecule has 0 saturated carbocycles. The number of rotatable bonds is 1. The first-order valence-corrected chi connectivity index (χ1v) is 5.15. The van der Waals surface area contributed by atoms with E-state index >= 15 is 0 Å². The molecule has 0 saturated heterocycles. The summed E-state index contributed by atoms with van der Waals surface area (Å²) in [6, 6.07) is 4.76. The van der Waals surface area contributed by atoms with Crippen LogP contribution in [0.25, 0.3) is 0 Å². The van der Waals surface area contributed by atoms with Crippen LogP contribution in [-0.4, -0.2) is 5.11 Å². The zero-order valence-electron chi connectivity index (χ0n) is 10.1. The average molecular weight is 210 g/mol. The highest BCUT2D eigenvalue weighted by Crippen LogP contribution is 2.39. The van der Waals surface area contributed by atoms with Gasteiger partial charge in [0, 0.05) is 0 Å². The molecule has 0 fully saturated rings. The van der Waals surface area contributed by atoms with Gasteiger partial charge in [-0.25, -0.2) is 4.39 Å². The van der Waals surface area contributed by atoms with Crippen LogP contribution in [-0.2, 0) is 5.60 Å². The summed E-state index contributed by atoms with van der Waals surface area (Å²) in [5.74, 6) is -0.233. The van der Waals surface area contributed by atoms with Gasteiger partial charge < -0.3 is 5.11 Å². The Morgan fingerprint density at radius 1 is 1.13 bits per heavy atom. The fourth-order valence-corrected chi connectivity index (χ4v) is 1.38. The van der Waals surface area contributed by atoms with Crippen LogP contribution in [0.1, 0.15) is 38.8 Å². The first-order valence-electron chi connectivity index (χ1n) is 5.15. The summed E-state index contributed by atoms with van der Waals surface area (Å²) in [6.07, 6.45) is 0. The van der Waals surface area contributed by atoms with Crippen LogP contribution in [0.2, 0.25) is 0 Å². The summed E-state index contributed by atoms with van der Waals surface area (Å²) >= 11 is 0. The molecule has 0 aliphatic rings. The van der Waals surface area contributed by atoms with E-state index in [4.69, 9.17) is 0 Å². The first kappa shape index (κ1) is 12.2. The highest BCUT2D eigenvalue weighted by atomic mass is 19.1. The van der Waals surface area contributed by atoms with Gasteiger partial charge in [0.05, 0.1) is 5.60 Å². The van der Waals surface area contributed by atoms with Gasteiger partial charge in [0.1, 0.15) is 5.82 Å². The molecule has 1 N–H and O–H groups in total. The molecule has 0 aliphatic carbocycles. The summed E-state index contributed by atoms with van der Waals surface area (Å²) in [5, 5.41) is 10.4. The maximum absolute atomic E-state index is 13.1. The Labute approximate surface area is 90.9 Å². The van der Waals surface area contributed by atoms with E-state index in [9.17, 15) is 9.50 Å². The van der Waals surface area contributed by atoms with Gasteiger partial charge in [0.25, 0.3) is 0 Å². The molecule has 2 heteroatoms. The molecule has 84 valence electrons. The largest absolute Gasteiger partial charge is 0.385 e. The molecule has 0 heterocycles. The second-order valence-corrected chi connectivity index (χ2v) is 5.29. The summed E-state index contributed by atoms with van der Waals surface area (Å²) in [6.45, 7) is 9.36. The van der Waals surface area contributed by atoms with E-state index in [-0.39, 0.29) is 11.2 Å². The molecule has 1 aromatic carbocycles. The normalized spacial score (nSPS) is 16.2. The molecule has 0 radical (unpaired) electrons. The Balaban J connectivity index is 3.22. The maximum Gasteiger partial charge on any atom is 0.126 e. The highest BCUT2D eigenvalue weighted by molar-refractivity contribution is 5.29. The van der Waals surface area contributed by atoms with E-state index in [1.165, 1.54) is 6.07 Å². The number of benzene rings is 1. The van der Waals surface area contributed by atoms with Crippen molar-refractivity contribution in [2.75, 3.05) is 0 Å². The minimum Gasteiger partial charge on any atom is -0.385 e. The standard InChI is InChI=1S/C13H19FO/c1-9-8-10(6-7-11(9)14)13(5,15)12(2,3)4/h6-8,15H,1-5H3. The Bertz CT molecular complexity index is 361. The van der Waals surface area contributed by atoms with Crippen LogP contribution in [0, 0.1) is 18.2 Å². The van der Waals surface area contributed by atoms with Crippen molar-refractivity contribution in [1.29, 1.82) is 0 Å². The number of halogens is 1. The minimum absolute atomic E-state index is 0.233. The average Bonchev–Trinajstić information content (AvgIpc) is 2.07. The maximum atomic E-state index is 13.1. The number of aliphatic hydroxyl groups is 1. The molecule has 1 aromatic rings. The monoisotopic (exact) mass is 210 g/mol. The van der Waals surface area contributed by atoms with E-state index < -0.39 is 5.60 Å². The number of hydrogen-bond acceptors (Lipinski definition) is 1. The van der Waals surface area contributed by atoms with Crippen LogP contribution < -0.4 is 0 Å². The summed E-state index contributed by atoms with van der Waals surface area (Å²) in [5.41, 5.74) is 0.0915. The Morgan fingerprint density at radius 2 is 1.67 bits per heavy atom. The third-order valence-electron chi connectivity index (χ3n) is 3.18. The first-order chi connectivity index (χ1) is 6.66. The molecule has 0 bridgehead atoms. The van der Waals surface area contributed by atoms with Gasteiger partial charge in [-0.2, -0.15) is 0 Å². The summed E-state index contributed by atoms with van der Waals surface area (Å²) in [4.78, 5) is 0. The van der Waals surface area contributed by atoms with E-state index in [2.05, 4.69) is 0 Å². The third-order valence-corrected chi connectivity index (χ3v) is 3.18. The highest BCUT2D eigenvalue weighted by Gasteiger charge is 2.36. The van der Waals surface area contributed by atoms with E-state index in [1.54, 1.807) is 26.0 Å². The van der Waals surface area contributed by atoms with E-state index in [1.807, 2.05) is 20.8 Å². The smallest absolute Gasteiger partial charge is 0.126 e. The Kier molecular flexibility index (Phi) is 2.92. The van der Waals surface area contributed by atoms with Crippen molar-refractivity contribution in [2.24, 2.45) is 5.41 Å². The lowest BCUT2D eigenvalue weighted by atomic mass is 9.73. The zero-order valence-corrected chi connectivity index (χ0v) is 10.1. The molecule has 1 nitrogen and oxygen atoms in total. The van der Waals surface area contributed by atoms with Crippen LogP contribution in [0.5, 0.6) is 0 Å². The van der Waals surface area contributed by atoms with Crippen molar-refractivity contribution in [3.8, 4) is 0 Å². The fourth-order valence-electron chi connectivity index (χ4n) is 1.38.